The maximum absolute atomic E-state index is 14.3. The largest absolute Gasteiger partial charge is 0.382 e. The first kappa shape index (κ1) is 27.4. The molecule has 6 rings (SSSR count). The monoisotopic (exact) mass is 568 g/mol. The summed E-state index contributed by atoms with van der Waals surface area (Å²) in [5.41, 5.74) is 10.5. The van der Waals surface area contributed by atoms with Crippen LogP contribution >= 0.6 is 0 Å². The Hall–Kier alpha value is -5.82. The van der Waals surface area contributed by atoms with E-state index in [-0.39, 0.29) is 17.1 Å². The number of fused-ring (bicyclic) bond motifs is 1. The van der Waals surface area contributed by atoms with Crippen molar-refractivity contribution in [2.45, 2.75) is 26.3 Å². The average molecular weight is 569 g/mol. The van der Waals surface area contributed by atoms with Crippen molar-refractivity contribution in [2.75, 3.05) is 5.73 Å². The van der Waals surface area contributed by atoms with Gasteiger partial charge in [-0.1, -0.05) is 48.2 Å². The number of nitrogens with zero attached hydrogens (tertiary/aromatic N) is 6. The van der Waals surface area contributed by atoms with Crippen LogP contribution in [0.2, 0.25) is 0 Å². The Labute approximate surface area is 247 Å². The van der Waals surface area contributed by atoms with Crippen LogP contribution in [-0.4, -0.2) is 36.4 Å². The van der Waals surface area contributed by atoms with E-state index in [1.165, 1.54) is 6.20 Å². The van der Waals surface area contributed by atoms with Gasteiger partial charge in [0, 0.05) is 36.6 Å². The first-order chi connectivity index (χ1) is 20.8. The quantitative estimate of drug-likeness (QED) is 0.307. The average Bonchev–Trinajstić information content (AvgIpc) is 3.66. The van der Waals surface area contributed by atoms with E-state index in [1.807, 2.05) is 81.6 Å². The Kier molecular flexibility index (Phi) is 7.14. The van der Waals surface area contributed by atoms with E-state index in [4.69, 9.17) is 5.73 Å². The number of amides is 1. The van der Waals surface area contributed by atoms with Gasteiger partial charge in [-0.05, 0) is 43.5 Å². The fourth-order valence-corrected chi connectivity index (χ4v) is 4.97. The van der Waals surface area contributed by atoms with Gasteiger partial charge in [-0.15, -0.1) is 0 Å². The molecule has 212 valence electrons. The molecule has 2 aromatic carbocycles. The summed E-state index contributed by atoms with van der Waals surface area (Å²) in [5, 5.41) is 8.41. The van der Waals surface area contributed by atoms with Crippen molar-refractivity contribution in [3.8, 4) is 17.5 Å². The Morgan fingerprint density at radius 3 is 2.58 bits per heavy atom. The number of hydrogen-bond acceptors (Lipinski definition) is 7. The number of aromatic nitrogens is 5. The van der Waals surface area contributed by atoms with Crippen LogP contribution in [0.4, 0.5) is 5.82 Å². The summed E-state index contributed by atoms with van der Waals surface area (Å²) < 4.78 is 3.37. The standard InChI is InChI=1S/C33H28N8O2/c1-20(38-32(42)30-31(34)36-19-27(39-30)26-13-8-16-35-26)28-17-23-10-7-9-22(14-15-24-18-37-40(3)21(24)2)29(23)33(43)41(28)25-11-5-4-6-12-25/h4-7,9-13,16-20H,8H2,1-3H3,(H2,34,36)(H,38,42)/t20-/m0/s1. The van der Waals surface area contributed by atoms with Crippen molar-refractivity contribution < 1.29 is 4.79 Å². The lowest BCUT2D eigenvalue weighted by atomic mass is 10.0. The molecular formula is C33H28N8O2. The molecule has 10 nitrogen and oxygen atoms in total. The highest BCUT2D eigenvalue weighted by Crippen LogP contribution is 2.24. The van der Waals surface area contributed by atoms with Gasteiger partial charge in [-0.3, -0.25) is 23.8 Å². The maximum atomic E-state index is 14.3. The lowest BCUT2D eigenvalue weighted by Crippen LogP contribution is -2.33. The summed E-state index contributed by atoms with van der Waals surface area (Å²) in [7, 11) is 1.86. The fraction of sp³-hybridized carbons (Fsp3) is 0.152. The topological polar surface area (TPSA) is 133 Å². The predicted molar refractivity (Wildman–Crippen MR) is 167 cm³/mol. The molecule has 1 aliphatic heterocycles. The third kappa shape index (κ3) is 5.20. The number of rotatable bonds is 5. The van der Waals surface area contributed by atoms with Crippen LogP contribution in [0.1, 0.15) is 58.1 Å². The van der Waals surface area contributed by atoms with Gasteiger partial charge in [-0.25, -0.2) is 9.97 Å². The van der Waals surface area contributed by atoms with Crippen molar-refractivity contribution in [3.05, 3.63) is 117 Å². The highest BCUT2D eigenvalue weighted by molar-refractivity contribution is 5.97. The van der Waals surface area contributed by atoms with Gasteiger partial charge in [0.25, 0.3) is 11.5 Å². The third-order valence-corrected chi connectivity index (χ3v) is 7.37. The Morgan fingerprint density at radius 1 is 1.07 bits per heavy atom. The van der Waals surface area contributed by atoms with E-state index in [9.17, 15) is 9.59 Å². The van der Waals surface area contributed by atoms with Gasteiger partial charge in [0.05, 0.1) is 40.8 Å². The number of aliphatic imine (C=N–C) groups is 1. The zero-order valence-electron chi connectivity index (χ0n) is 23.9. The normalized spacial score (nSPS) is 13.0. The third-order valence-electron chi connectivity index (χ3n) is 7.37. The summed E-state index contributed by atoms with van der Waals surface area (Å²) in [6.07, 6.45) is 7.55. The number of nitrogens with two attached hydrogens (primary N) is 1. The number of carbonyl (C=O) groups excluding carboxylic acids is 1. The number of carbonyl (C=O) groups is 1. The second kappa shape index (κ2) is 11.2. The Balaban J connectivity index is 1.44. The molecule has 10 heteroatoms. The van der Waals surface area contributed by atoms with Crippen LogP contribution in [0.5, 0.6) is 0 Å². The summed E-state index contributed by atoms with van der Waals surface area (Å²) in [6.45, 7) is 3.75. The fourth-order valence-electron chi connectivity index (χ4n) is 4.97. The molecule has 0 spiro atoms. The van der Waals surface area contributed by atoms with Gasteiger partial charge in [-0.2, -0.15) is 5.10 Å². The molecule has 0 fully saturated rings. The van der Waals surface area contributed by atoms with Crippen LogP contribution < -0.4 is 16.6 Å². The molecule has 1 amide bonds. The molecular weight excluding hydrogens is 540 g/mol. The molecule has 1 atom stereocenters. The predicted octanol–water partition coefficient (Wildman–Crippen LogP) is 4.11. The maximum Gasteiger partial charge on any atom is 0.274 e. The number of benzene rings is 2. The first-order valence-corrected chi connectivity index (χ1v) is 13.7. The molecule has 0 saturated carbocycles. The minimum absolute atomic E-state index is 0.00190. The van der Waals surface area contributed by atoms with E-state index in [0.717, 1.165) is 11.3 Å². The number of allylic oxidation sites excluding steroid dienone is 1. The van der Waals surface area contributed by atoms with Crippen LogP contribution in [0, 0.1) is 18.8 Å². The lowest BCUT2D eigenvalue weighted by Gasteiger charge is -2.21. The molecule has 4 heterocycles. The summed E-state index contributed by atoms with van der Waals surface area (Å²) in [5.74, 6) is 5.84. The minimum atomic E-state index is -0.605. The first-order valence-electron chi connectivity index (χ1n) is 13.7. The van der Waals surface area contributed by atoms with Crippen molar-refractivity contribution in [1.29, 1.82) is 0 Å². The molecule has 5 aromatic rings. The van der Waals surface area contributed by atoms with Gasteiger partial charge < -0.3 is 11.1 Å². The number of nitrogen functional groups attached to an aromatic ring is 1. The minimum Gasteiger partial charge on any atom is -0.382 e. The number of pyridine rings is 1. The van der Waals surface area contributed by atoms with Crippen LogP contribution in [0.15, 0.2) is 82.9 Å². The number of para-hydroxylation sites is 1. The number of aryl methyl sites for hydroxylation is 1. The Morgan fingerprint density at radius 2 is 1.86 bits per heavy atom. The van der Waals surface area contributed by atoms with Crippen molar-refractivity contribution >= 4 is 34.4 Å². The molecule has 3 N–H and O–H groups in total. The molecule has 0 bridgehead atoms. The van der Waals surface area contributed by atoms with Gasteiger partial charge in [0.2, 0.25) is 0 Å². The second-order valence-electron chi connectivity index (χ2n) is 10.2. The van der Waals surface area contributed by atoms with E-state index >= 15 is 0 Å². The molecule has 0 radical (unpaired) electrons. The van der Waals surface area contributed by atoms with Gasteiger partial charge >= 0.3 is 0 Å². The van der Waals surface area contributed by atoms with Gasteiger partial charge in [0.1, 0.15) is 5.69 Å². The van der Waals surface area contributed by atoms with Crippen molar-refractivity contribution in [3.63, 3.8) is 0 Å². The van der Waals surface area contributed by atoms with Crippen molar-refractivity contribution in [1.82, 2.24) is 29.6 Å². The highest BCUT2D eigenvalue weighted by atomic mass is 16.2. The van der Waals surface area contributed by atoms with Gasteiger partial charge in [0.15, 0.2) is 11.5 Å². The SMILES string of the molecule is Cc1c(C#Cc2cccc3cc([C@H](C)NC(=O)c4nc(C5=CCC=N5)cnc4N)n(-c4ccccc4)c(=O)c23)cnn1C. The van der Waals surface area contributed by atoms with Crippen LogP contribution in [0.25, 0.3) is 22.2 Å². The van der Waals surface area contributed by atoms with Crippen LogP contribution in [-0.2, 0) is 7.05 Å². The summed E-state index contributed by atoms with van der Waals surface area (Å²) in [6, 6.07) is 16.2. The van der Waals surface area contributed by atoms with E-state index in [2.05, 4.69) is 37.2 Å². The highest BCUT2D eigenvalue weighted by Gasteiger charge is 2.22. The number of anilines is 1. The van der Waals surface area contributed by atoms with E-state index in [0.29, 0.717) is 45.5 Å². The second-order valence-corrected chi connectivity index (χ2v) is 10.2. The zero-order valence-corrected chi connectivity index (χ0v) is 23.9. The molecule has 0 unspecified atom stereocenters. The van der Waals surface area contributed by atoms with E-state index in [1.54, 1.807) is 21.7 Å². The Bertz CT molecular complexity index is 2080. The van der Waals surface area contributed by atoms with Crippen LogP contribution in [0.3, 0.4) is 0 Å². The summed E-state index contributed by atoms with van der Waals surface area (Å²) in [4.78, 5) is 40.6. The summed E-state index contributed by atoms with van der Waals surface area (Å²) >= 11 is 0. The molecule has 0 saturated heterocycles. The zero-order chi connectivity index (χ0) is 30.1. The smallest absolute Gasteiger partial charge is 0.274 e. The van der Waals surface area contributed by atoms with Crippen molar-refractivity contribution in [2.24, 2.45) is 12.0 Å². The molecule has 1 aliphatic rings. The lowest BCUT2D eigenvalue weighted by molar-refractivity contribution is 0.0934. The number of hydrogen-bond donors (Lipinski definition) is 2. The molecule has 0 aliphatic carbocycles. The molecule has 43 heavy (non-hydrogen) atoms. The van der Waals surface area contributed by atoms with E-state index < -0.39 is 11.9 Å². The molecule has 3 aromatic heterocycles. The number of nitrogens with one attached hydrogen (secondary N) is 1.